The number of halogens is 3. The van der Waals surface area contributed by atoms with Crippen LogP contribution in [0.4, 0.5) is 18.9 Å². The molecular formula is C42H26F3N3O2. The lowest BCUT2D eigenvalue weighted by molar-refractivity contribution is 0.102. The zero-order valence-electron chi connectivity index (χ0n) is 26.3. The fourth-order valence-corrected chi connectivity index (χ4v) is 7.38. The van der Waals surface area contributed by atoms with Crippen LogP contribution in [-0.4, -0.2) is 20.1 Å². The molecule has 0 aliphatic carbocycles. The Kier molecular flexibility index (Phi) is 6.76. The van der Waals surface area contributed by atoms with Crippen molar-refractivity contribution in [1.29, 1.82) is 0 Å². The van der Waals surface area contributed by atoms with Gasteiger partial charge in [0.15, 0.2) is 11.6 Å². The Morgan fingerprint density at radius 2 is 1.20 bits per heavy atom. The highest BCUT2D eigenvalue weighted by molar-refractivity contribution is 6.29. The number of amides is 1. The number of aliphatic hydroxyl groups is 1. The van der Waals surface area contributed by atoms with Crippen molar-refractivity contribution < 1.29 is 23.1 Å². The van der Waals surface area contributed by atoms with Crippen molar-refractivity contribution in [1.82, 2.24) is 9.13 Å². The number of aliphatic hydroxyl groups excluding tert-OH is 1. The summed E-state index contributed by atoms with van der Waals surface area (Å²) in [4.78, 5) is 13.5. The van der Waals surface area contributed by atoms with Gasteiger partial charge in [0.25, 0.3) is 5.91 Å². The number of fused-ring (bicyclic) bond motifs is 8. The quantitative estimate of drug-likeness (QED) is 0.193. The molecule has 0 radical (unpaired) electrons. The Bertz CT molecular complexity index is 2830. The smallest absolute Gasteiger partial charge is 0.256 e. The highest BCUT2D eigenvalue weighted by atomic mass is 19.1. The number of hydrogen-bond acceptors (Lipinski definition) is 2. The van der Waals surface area contributed by atoms with Gasteiger partial charge in [-0.05, 0) is 59.3 Å². The number of nitrogens with zero attached hydrogens (tertiary/aromatic N) is 2. The number of carbonyl (C=O) groups is 1. The standard InChI is InChI=1S/C42H26F3N3O2/c43-26-21-32(44)41(33(45)22-26)46-42(50)28-12-7-15-36(31(28)23-49)48-35-14-6-4-11-30(35)40-38(48)19-18-37-39(40)29-10-3-5-13-34(29)47(37)27-17-16-24-8-1-2-9-25(24)20-27/h1-22,49H,23H2,(H,46,50). The van der Waals surface area contributed by atoms with E-state index in [4.69, 9.17) is 0 Å². The molecule has 0 unspecified atom stereocenters. The third-order valence-electron chi connectivity index (χ3n) is 9.50. The van der Waals surface area contributed by atoms with E-state index in [0.29, 0.717) is 17.8 Å². The van der Waals surface area contributed by atoms with Gasteiger partial charge in [-0.3, -0.25) is 4.79 Å². The molecule has 0 bridgehead atoms. The predicted molar refractivity (Wildman–Crippen MR) is 193 cm³/mol. The van der Waals surface area contributed by atoms with E-state index in [1.54, 1.807) is 12.1 Å². The van der Waals surface area contributed by atoms with Crippen LogP contribution in [0.2, 0.25) is 0 Å². The van der Waals surface area contributed by atoms with Crippen LogP contribution in [0.1, 0.15) is 15.9 Å². The van der Waals surface area contributed by atoms with Crippen molar-refractivity contribution in [3.63, 3.8) is 0 Å². The first-order chi connectivity index (χ1) is 24.4. The van der Waals surface area contributed by atoms with Crippen LogP contribution in [0, 0.1) is 17.5 Å². The molecule has 0 saturated heterocycles. The van der Waals surface area contributed by atoms with Crippen LogP contribution >= 0.6 is 0 Å². The summed E-state index contributed by atoms with van der Waals surface area (Å²) in [7, 11) is 0. The average Bonchev–Trinajstić information content (AvgIpc) is 3.65. The van der Waals surface area contributed by atoms with E-state index in [1.165, 1.54) is 6.07 Å². The van der Waals surface area contributed by atoms with Crippen LogP contribution < -0.4 is 5.32 Å². The number of anilines is 1. The number of aromatic nitrogens is 2. The maximum absolute atomic E-state index is 14.5. The minimum atomic E-state index is -1.24. The molecule has 0 aliphatic heterocycles. The lowest BCUT2D eigenvalue weighted by Crippen LogP contribution is -2.18. The van der Waals surface area contributed by atoms with Gasteiger partial charge in [-0.1, -0.05) is 72.8 Å². The first kappa shape index (κ1) is 29.7. The summed E-state index contributed by atoms with van der Waals surface area (Å²) >= 11 is 0. The fraction of sp³-hybridized carbons (Fsp3) is 0.0238. The van der Waals surface area contributed by atoms with E-state index in [-0.39, 0.29) is 11.1 Å². The summed E-state index contributed by atoms with van der Waals surface area (Å²) in [5.74, 6) is -4.43. The van der Waals surface area contributed by atoms with Crippen LogP contribution in [0.3, 0.4) is 0 Å². The lowest BCUT2D eigenvalue weighted by Gasteiger charge is -2.16. The molecule has 8 heteroatoms. The summed E-state index contributed by atoms with van der Waals surface area (Å²) in [5.41, 5.74) is 4.85. The second-order valence-corrected chi connectivity index (χ2v) is 12.3. The molecule has 1 amide bonds. The Morgan fingerprint density at radius 3 is 1.88 bits per heavy atom. The molecule has 9 rings (SSSR count). The number of rotatable bonds is 5. The van der Waals surface area contributed by atoms with E-state index in [1.807, 2.05) is 53.1 Å². The minimum Gasteiger partial charge on any atom is -0.392 e. The molecule has 5 nitrogen and oxygen atoms in total. The molecule has 2 heterocycles. The summed E-state index contributed by atoms with van der Waals surface area (Å²) in [6, 6.07) is 41.1. The zero-order chi connectivity index (χ0) is 34.1. The van der Waals surface area contributed by atoms with E-state index < -0.39 is 35.7 Å². The Hall–Kier alpha value is -6.38. The molecule has 7 aromatic carbocycles. The van der Waals surface area contributed by atoms with Crippen LogP contribution in [0.5, 0.6) is 0 Å². The molecule has 0 atom stereocenters. The first-order valence-electron chi connectivity index (χ1n) is 16.1. The van der Waals surface area contributed by atoms with Crippen LogP contribution in [0.15, 0.2) is 133 Å². The van der Waals surface area contributed by atoms with Gasteiger partial charge < -0.3 is 19.6 Å². The second kappa shape index (κ2) is 11.4. The van der Waals surface area contributed by atoms with Gasteiger partial charge in [-0.15, -0.1) is 0 Å². The van der Waals surface area contributed by atoms with Crippen molar-refractivity contribution in [3.05, 3.63) is 162 Å². The fourth-order valence-electron chi connectivity index (χ4n) is 7.38. The molecule has 2 aromatic heterocycles. The van der Waals surface area contributed by atoms with Crippen molar-refractivity contribution in [3.8, 4) is 11.4 Å². The SMILES string of the molecule is O=C(Nc1c(F)cc(F)cc1F)c1cccc(-n2c3ccccc3c3c4c5ccccc5n(-c5ccc6ccccc6c5)c4ccc32)c1CO. The normalized spacial score (nSPS) is 11.8. The number of hydrogen-bond donors (Lipinski definition) is 2. The van der Waals surface area contributed by atoms with Gasteiger partial charge in [0, 0.05) is 50.5 Å². The van der Waals surface area contributed by atoms with Gasteiger partial charge in [-0.25, -0.2) is 13.2 Å². The molecule has 2 N–H and O–H groups in total. The van der Waals surface area contributed by atoms with Crippen molar-refractivity contribution in [2.45, 2.75) is 6.61 Å². The van der Waals surface area contributed by atoms with Gasteiger partial charge in [-0.2, -0.15) is 0 Å². The van der Waals surface area contributed by atoms with Crippen LogP contribution in [0.25, 0.3) is 65.8 Å². The van der Waals surface area contributed by atoms with Crippen molar-refractivity contribution in [2.75, 3.05) is 5.32 Å². The Labute approximate surface area is 283 Å². The molecule has 0 saturated carbocycles. The topological polar surface area (TPSA) is 59.2 Å². The first-order valence-corrected chi connectivity index (χ1v) is 16.1. The Morgan fingerprint density at radius 1 is 0.600 bits per heavy atom. The van der Waals surface area contributed by atoms with Crippen molar-refractivity contribution in [2.24, 2.45) is 0 Å². The summed E-state index contributed by atoms with van der Waals surface area (Å²) in [6.45, 7) is -0.537. The predicted octanol–water partition coefficient (Wildman–Crippen LogP) is 10.2. The average molecular weight is 662 g/mol. The maximum Gasteiger partial charge on any atom is 0.256 e. The molecule has 0 fully saturated rings. The highest BCUT2D eigenvalue weighted by Gasteiger charge is 2.24. The largest absolute Gasteiger partial charge is 0.392 e. The van der Waals surface area contributed by atoms with Gasteiger partial charge in [0.2, 0.25) is 0 Å². The molecular weight excluding hydrogens is 635 g/mol. The number of benzene rings is 7. The van der Waals surface area contributed by atoms with Gasteiger partial charge in [0.1, 0.15) is 11.5 Å². The maximum atomic E-state index is 14.5. The third-order valence-corrected chi connectivity index (χ3v) is 9.50. The third kappa shape index (κ3) is 4.42. The minimum absolute atomic E-state index is 0.0213. The van der Waals surface area contributed by atoms with Gasteiger partial charge in [0.05, 0.1) is 34.4 Å². The van der Waals surface area contributed by atoms with E-state index in [9.17, 15) is 23.1 Å². The van der Waals surface area contributed by atoms with E-state index >= 15 is 0 Å². The van der Waals surface area contributed by atoms with Crippen LogP contribution in [-0.2, 0) is 6.61 Å². The lowest BCUT2D eigenvalue weighted by atomic mass is 10.0. The number of nitrogens with one attached hydrogen (secondary N) is 1. The van der Waals surface area contributed by atoms with E-state index in [0.717, 1.165) is 60.1 Å². The highest BCUT2D eigenvalue weighted by Crippen LogP contribution is 2.43. The monoisotopic (exact) mass is 661 g/mol. The molecule has 50 heavy (non-hydrogen) atoms. The molecule has 0 aliphatic rings. The molecule has 0 spiro atoms. The zero-order valence-corrected chi connectivity index (χ0v) is 26.3. The van der Waals surface area contributed by atoms with Gasteiger partial charge >= 0.3 is 0 Å². The van der Waals surface area contributed by atoms with E-state index in [2.05, 4.69) is 64.5 Å². The van der Waals surface area contributed by atoms with Crippen molar-refractivity contribution >= 4 is 66.0 Å². The molecule has 242 valence electrons. The molecule has 9 aromatic rings. The number of para-hydroxylation sites is 2. The summed E-state index contributed by atoms with van der Waals surface area (Å²) < 4.78 is 46.8. The number of carbonyl (C=O) groups excluding carboxylic acids is 1. The summed E-state index contributed by atoms with van der Waals surface area (Å²) in [6.07, 6.45) is 0. The Balaban J connectivity index is 1.30. The summed E-state index contributed by atoms with van der Waals surface area (Å²) in [5, 5.41) is 19.4. The second-order valence-electron chi connectivity index (χ2n) is 12.3.